The topological polar surface area (TPSA) is 93.4 Å². The molecule has 0 saturated carbocycles. The van der Waals surface area contributed by atoms with Gasteiger partial charge < -0.3 is 15.0 Å². The molecule has 0 unspecified atom stereocenters. The van der Waals surface area contributed by atoms with Crippen LogP contribution in [-0.4, -0.2) is 53.1 Å². The Morgan fingerprint density at radius 3 is 2.68 bits per heavy atom. The molecule has 0 aliphatic carbocycles. The van der Waals surface area contributed by atoms with E-state index in [1.54, 1.807) is 6.92 Å². The lowest BCUT2D eigenvalue weighted by Gasteiger charge is -2.14. The van der Waals surface area contributed by atoms with Crippen LogP contribution in [0, 0.1) is 17.0 Å². The van der Waals surface area contributed by atoms with Crippen LogP contribution < -0.4 is 10.1 Å². The van der Waals surface area contributed by atoms with E-state index in [-0.39, 0.29) is 17.4 Å². The van der Waals surface area contributed by atoms with Gasteiger partial charge in [0.2, 0.25) is 5.82 Å². The summed E-state index contributed by atoms with van der Waals surface area (Å²) >= 11 is 0. The normalized spacial score (nSPS) is 15.0. The molecule has 0 atom stereocenters. The molecule has 1 saturated heterocycles. The van der Waals surface area contributed by atoms with Crippen LogP contribution in [0.1, 0.15) is 31.5 Å². The zero-order valence-corrected chi connectivity index (χ0v) is 13.2. The number of anilines is 1. The minimum atomic E-state index is -0.509. The monoisotopic (exact) mass is 309 g/mol. The summed E-state index contributed by atoms with van der Waals surface area (Å²) in [7, 11) is 1.37. The molecule has 0 spiro atoms. The van der Waals surface area contributed by atoms with E-state index in [0.29, 0.717) is 12.4 Å². The number of nitrogens with one attached hydrogen (secondary N) is 1. The number of nitrogens with zero attached hydrogens (tertiary/aromatic N) is 4. The van der Waals surface area contributed by atoms with Crippen LogP contribution in [0.5, 0.6) is 5.88 Å². The summed E-state index contributed by atoms with van der Waals surface area (Å²) in [6.45, 7) is 5.82. The molecule has 1 aromatic heterocycles. The number of likely N-dealkylation sites (tertiary alicyclic amines) is 1. The van der Waals surface area contributed by atoms with Crippen LogP contribution in [0.4, 0.5) is 11.5 Å². The van der Waals surface area contributed by atoms with Gasteiger partial charge in [0.05, 0.1) is 12.0 Å². The van der Waals surface area contributed by atoms with Crippen molar-refractivity contribution in [3.05, 3.63) is 15.9 Å². The van der Waals surface area contributed by atoms with E-state index in [0.717, 1.165) is 19.4 Å². The lowest BCUT2D eigenvalue weighted by Crippen LogP contribution is -2.21. The summed E-state index contributed by atoms with van der Waals surface area (Å²) < 4.78 is 4.98. The van der Waals surface area contributed by atoms with Crippen LogP contribution in [0.15, 0.2) is 0 Å². The third-order valence-corrected chi connectivity index (χ3v) is 3.73. The van der Waals surface area contributed by atoms with E-state index < -0.39 is 4.92 Å². The molecule has 1 aliphatic heterocycles. The number of methoxy groups -OCH3 is 1. The SMILES string of the molecule is COc1nc(C)nc(NCCCCN2CCCC2)c1[N+](=O)[O-]. The van der Waals surface area contributed by atoms with Gasteiger partial charge in [-0.05, 0) is 52.2 Å². The highest BCUT2D eigenvalue weighted by molar-refractivity contribution is 5.61. The molecule has 1 aliphatic rings. The molecular weight excluding hydrogens is 286 g/mol. The Bertz CT molecular complexity index is 517. The fraction of sp³-hybridized carbons (Fsp3) is 0.714. The van der Waals surface area contributed by atoms with Gasteiger partial charge in [0.1, 0.15) is 5.82 Å². The Balaban J connectivity index is 1.88. The Labute approximate surface area is 130 Å². The zero-order chi connectivity index (χ0) is 15.9. The van der Waals surface area contributed by atoms with Gasteiger partial charge in [-0.15, -0.1) is 0 Å². The summed E-state index contributed by atoms with van der Waals surface area (Å²) in [5.74, 6) is 0.676. The Kier molecular flexibility index (Phi) is 5.88. The van der Waals surface area contributed by atoms with Crippen LogP contribution in [-0.2, 0) is 0 Å². The second kappa shape index (κ2) is 7.88. The second-order valence-electron chi connectivity index (χ2n) is 5.42. The lowest BCUT2D eigenvalue weighted by molar-refractivity contribution is -0.385. The first-order valence-corrected chi connectivity index (χ1v) is 7.65. The summed E-state index contributed by atoms with van der Waals surface area (Å²) in [6.07, 6.45) is 4.61. The minimum absolute atomic E-state index is 0.00272. The average Bonchev–Trinajstić information content (AvgIpc) is 2.99. The third-order valence-electron chi connectivity index (χ3n) is 3.73. The van der Waals surface area contributed by atoms with Crippen LogP contribution in [0.2, 0.25) is 0 Å². The number of ether oxygens (including phenoxy) is 1. The number of hydrogen-bond acceptors (Lipinski definition) is 7. The second-order valence-corrected chi connectivity index (χ2v) is 5.42. The fourth-order valence-electron chi connectivity index (χ4n) is 2.64. The molecule has 1 N–H and O–H groups in total. The van der Waals surface area contributed by atoms with E-state index >= 15 is 0 Å². The molecule has 22 heavy (non-hydrogen) atoms. The average molecular weight is 309 g/mol. The largest absolute Gasteiger partial charge is 0.476 e. The van der Waals surface area contributed by atoms with E-state index in [1.807, 2.05) is 0 Å². The number of aromatic nitrogens is 2. The van der Waals surface area contributed by atoms with Crippen LogP contribution in [0.3, 0.4) is 0 Å². The van der Waals surface area contributed by atoms with E-state index in [2.05, 4.69) is 20.2 Å². The summed E-state index contributed by atoms with van der Waals surface area (Å²) in [5, 5.41) is 14.2. The highest BCUT2D eigenvalue weighted by Crippen LogP contribution is 2.31. The van der Waals surface area contributed by atoms with Crippen molar-refractivity contribution in [2.75, 3.05) is 38.6 Å². The first-order chi connectivity index (χ1) is 10.6. The van der Waals surface area contributed by atoms with Gasteiger partial charge in [0.25, 0.3) is 5.88 Å². The molecule has 0 bridgehead atoms. The molecule has 0 aromatic carbocycles. The maximum absolute atomic E-state index is 11.2. The van der Waals surface area contributed by atoms with Gasteiger partial charge in [-0.25, -0.2) is 4.98 Å². The molecule has 8 nitrogen and oxygen atoms in total. The minimum Gasteiger partial charge on any atom is -0.476 e. The molecular formula is C14H23N5O3. The standard InChI is InChI=1S/C14H23N5O3/c1-11-16-13(12(19(20)21)14(17-11)22-2)15-7-3-4-8-18-9-5-6-10-18/h3-10H2,1-2H3,(H,15,16,17). The Hall–Kier alpha value is -1.96. The van der Waals surface area contributed by atoms with Crippen LogP contribution >= 0.6 is 0 Å². The summed E-state index contributed by atoms with van der Waals surface area (Å²) in [6, 6.07) is 0. The Morgan fingerprint density at radius 2 is 2.05 bits per heavy atom. The van der Waals surface area contributed by atoms with Crippen molar-refractivity contribution in [1.29, 1.82) is 0 Å². The van der Waals surface area contributed by atoms with E-state index in [9.17, 15) is 10.1 Å². The summed E-state index contributed by atoms with van der Waals surface area (Å²) in [4.78, 5) is 21.2. The molecule has 8 heteroatoms. The fourth-order valence-corrected chi connectivity index (χ4v) is 2.64. The van der Waals surface area contributed by atoms with E-state index in [4.69, 9.17) is 4.74 Å². The van der Waals surface area contributed by atoms with Gasteiger partial charge in [-0.2, -0.15) is 4.98 Å². The summed E-state index contributed by atoms with van der Waals surface area (Å²) in [5.41, 5.74) is -0.201. The quantitative estimate of drug-likeness (QED) is 0.446. The highest BCUT2D eigenvalue weighted by atomic mass is 16.6. The maximum Gasteiger partial charge on any atom is 0.372 e. The molecule has 2 heterocycles. The van der Waals surface area contributed by atoms with Crippen molar-refractivity contribution in [1.82, 2.24) is 14.9 Å². The molecule has 0 radical (unpaired) electrons. The van der Waals surface area contributed by atoms with Gasteiger partial charge in [0.15, 0.2) is 0 Å². The molecule has 1 aromatic rings. The highest BCUT2D eigenvalue weighted by Gasteiger charge is 2.24. The van der Waals surface area contributed by atoms with Gasteiger partial charge in [-0.1, -0.05) is 0 Å². The molecule has 0 amide bonds. The third kappa shape index (κ3) is 4.27. The Morgan fingerprint density at radius 1 is 1.32 bits per heavy atom. The first-order valence-electron chi connectivity index (χ1n) is 7.65. The first kappa shape index (κ1) is 16.4. The zero-order valence-electron chi connectivity index (χ0n) is 13.2. The molecule has 122 valence electrons. The van der Waals surface area contributed by atoms with Crippen LogP contribution in [0.25, 0.3) is 0 Å². The van der Waals surface area contributed by atoms with Crippen molar-refractivity contribution >= 4 is 11.5 Å². The number of unbranched alkanes of at least 4 members (excludes halogenated alkanes) is 1. The number of aryl methyl sites for hydroxylation is 1. The number of nitro groups is 1. The van der Waals surface area contributed by atoms with Gasteiger partial charge in [0, 0.05) is 6.54 Å². The van der Waals surface area contributed by atoms with Crippen molar-refractivity contribution in [2.24, 2.45) is 0 Å². The van der Waals surface area contributed by atoms with Gasteiger partial charge in [-0.3, -0.25) is 10.1 Å². The molecule has 2 rings (SSSR count). The number of rotatable bonds is 8. The molecule has 1 fully saturated rings. The number of hydrogen-bond donors (Lipinski definition) is 1. The van der Waals surface area contributed by atoms with Crippen molar-refractivity contribution in [3.63, 3.8) is 0 Å². The smallest absolute Gasteiger partial charge is 0.372 e. The lowest BCUT2D eigenvalue weighted by atomic mass is 10.3. The van der Waals surface area contributed by atoms with Crippen molar-refractivity contribution in [3.8, 4) is 5.88 Å². The van der Waals surface area contributed by atoms with Crippen molar-refractivity contribution < 1.29 is 9.66 Å². The predicted octanol–water partition coefficient (Wildman–Crippen LogP) is 1.99. The van der Waals surface area contributed by atoms with Gasteiger partial charge >= 0.3 is 5.69 Å². The van der Waals surface area contributed by atoms with E-state index in [1.165, 1.54) is 33.0 Å². The predicted molar refractivity (Wildman–Crippen MR) is 83.4 cm³/mol. The van der Waals surface area contributed by atoms with Crippen molar-refractivity contribution in [2.45, 2.75) is 32.6 Å². The maximum atomic E-state index is 11.2.